The third-order valence-corrected chi connectivity index (χ3v) is 7.40. The first-order valence-electron chi connectivity index (χ1n) is 11.7. The molecule has 36 heavy (non-hydrogen) atoms. The van der Waals surface area contributed by atoms with Crippen LogP contribution in [0.2, 0.25) is 0 Å². The van der Waals surface area contributed by atoms with Crippen molar-refractivity contribution < 1.29 is 22.7 Å². The normalized spacial score (nSPS) is 17.3. The number of nitrogens with zero attached hydrogens (tertiary/aromatic N) is 2. The topological polar surface area (TPSA) is 44.8 Å². The van der Waals surface area contributed by atoms with Crippen LogP contribution in [0.1, 0.15) is 31.7 Å². The lowest BCUT2D eigenvalue weighted by Gasteiger charge is -2.37. The number of halogens is 5. The zero-order chi connectivity index (χ0) is 24.1. The summed E-state index contributed by atoms with van der Waals surface area (Å²) in [5.41, 5.74) is 0.938. The number of hydrogen-bond donors (Lipinski definition) is 1. The Morgan fingerprint density at radius 2 is 1.86 bits per heavy atom. The fourth-order valence-corrected chi connectivity index (χ4v) is 5.57. The number of carbonyl (C=O) groups excluding carboxylic acids is 1. The summed E-state index contributed by atoms with van der Waals surface area (Å²) in [6.07, 6.45) is -2.28. The van der Waals surface area contributed by atoms with Crippen LogP contribution in [0.4, 0.5) is 24.5 Å². The van der Waals surface area contributed by atoms with Gasteiger partial charge in [-0.25, -0.2) is 0 Å². The molecule has 0 radical (unpaired) electrons. The van der Waals surface area contributed by atoms with Crippen LogP contribution in [-0.2, 0) is 15.7 Å². The molecule has 2 aliphatic heterocycles. The minimum atomic E-state index is -4.38. The quantitative estimate of drug-likeness (QED) is 0.387. The number of rotatable bonds is 8. The monoisotopic (exact) mass is 565 g/mol. The van der Waals surface area contributed by atoms with Crippen LogP contribution in [0.15, 0.2) is 52.3 Å². The second kappa shape index (κ2) is 13.8. The van der Waals surface area contributed by atoms with Crippen LogP contribution in [0.5, 0.6) is 0 Å². The first kappa shape index (κ1) is 30.6. The number of carbonyl (C=O) groups is 1. The van der Waals surface area contributed by atoms with Gasteiger partial charge in [-0.2, -0.15) is 13.2 Å². The van der Waals surface area contributed by atoms with E-state index in [4.69, 9.17) is 4.74 Å². The van der Waals surface area contributed by atoms with Crippen molar-refractivity contribution in [3.8, 4) is 0 Å². The molecule has 0 aliphatic carbocycles. The highest BCUT2D eigenvalue weighted by Gasteiger charge is 2.33. The van der Waals surface area contributed by atoms with E-state index in [0.717, 1.165) is 54.0 Å². The molecule has 0 spiro atoms. The van der Waals surface area contributed by atoms with Crippen molar-refractivity contribution in [2.75, 3.05) is 44.2 Å². The predicted molar refractivity (Wildman–Crippen MR) is 142 cm³/mol. The van der Waals surface area contributed by atoms with E-state index in [1.54, 1.807) is 13.0 Å². The number of benzene rings is 2. The molecule has 2 aromatic rings. The number of anilines is 2. The molecule has 0 saturated carbocycles. The molecule has 200 valence electrons. The lowest BCUT2D eigenvalue weighted by molar-refractivity contribution is -0.144. The van der Waals surface area contributed by atoms with Gasteiger partial charge in [-0.3, -0.25) is 9.69 Å². The van der Waals surface area contributed by atoms with Crippen molar-refractivity contribution in [3.05, 3.63) is 48.0 Å². The summed E-state index contributed by atoms with van der Waals surface area (Å²) in [7, 11) is 0. The summed E-state index contributed by atoms with van der Waals surface area (Å²) in [5, 5.41) is 3.43. The number of alkyl halides is 3. The Labute approximate surface area is 226 Å². The molecule has 0 aromatic heterocycles. The van der Waals surface area contributed by atoms with Gasteiger partial charge in [0.05, 0.1) is 16.9 Å². The second-order valence-corrected chi connectivity index (χ2v) is 9.60. The Morgan fingerprint density at radius 3 is 2.61 bits per heavy atom. The molecule has 2 aromatic carbocycles. The maximum atomic E-state index is 13.4. The third kappa shape index (κ3) is 7.44. The Kier molecular flexibility index (Phi) is 11.7. The summed E-state index contributed by atoms with van der Waals surface area (Å²) < 4.78 is 45.5. The van der Waals surface area contributed by atoms with E-state index in [2.05, 4.69) is 10.2 Å². The number of esters is 1. The molecule has 0 amide bonds. The SMILES string of the molecule is CCC(=O)OCCN1CCNCC1CCCN1c2ccccc2Sc2ccc(C(F)(F)F)cc21.Cl.Cl. The lowest BCUT2D eigenvalue weighted by Crippen LogP contribution is -2.52. The average molecular weight is 567 g/mol. The third-order valence-electron chi connectivity index (χ3n) is 6.27. The summed E-state index contributed by atoms with van der Waals surface area (Å²) in [6, 6.07) is 12.2. The van der Waals surface area contributed by atoms with Crippen LogP contribution in [0.3, 0.4) is 0 Å². The van der Waals surface area contributed by atoms with Crippen molar-refractivity contribution >= 4 is 53.9 Å². The van der Waals surface area contributed by atoms with E-state index in [1.807, 2.05) is 29.2 Å². The van der Waals surface area contributed by atoms with Crippen molar-refractivity contribution in [1.82, 2.24) is 10.2 Å². The van der Waals surface area contributed by atoms with Crippen LogP contribution in [-0.4, -0.2) is 56.2 Å². The minimum Gasteiger partial charge on any atom is -0.464 e. The molecule has 1 atom stereocenters. The molecule has 2 aliphatic rings. The highest BCUT2D eigenvalue weighted by Crippen LogP contribution is 2.49. The van der Waals surface area contributed by atoms with E-state index >= 15 is 0 Å². The summed E-state index contributed by atoms with van der Waals surface area (Å²) >= 11 is 1.51. The molecule has 4 rings (SSSR count). The molecule has 0 bridgehead atoms. The van der Waals surface area contributed by atoms with Gasteiger partial charge in [0.2, 0.25) is 0 Å². The molecular formula is C25H32Cl2F3N3O2S. The molecule has 11 heteroatoms. The first-order chi connectivity index (χ1) is 16.4. The molecule has 1 unspecified atom stereocenters. The largest absolute Gasteiger partial charge is 0.464 e. The van der Waals surface area contributed by atoms with Crippen molar-refractivity contribution in [2.24, 2.45) is 0 Å². The van der Waals surface area contributed by atoms with Crippen molar-refractivity contribution in [1.29, 1.82) is 0 Å². The number of nitrogens with one attached hydrogen (secondary N) is 1. The second-order valence-electron chi connectivity index (χ2n) is 8.51. The van der Waals surface area contributed by atoms with Crippen molar-refractivity contribution in [2.45, 2.75) is 48.2 Å². The number of para-hydroxylation sites is 1. The van der Waals surface area contributed by atoms with Gasteiger partial charge in [-0.05, 0) is 43.2 Å². The summed E-state index contributed by atoms with van der Waals surface area (Å²) in [4.78, 5) is 17.7. The molecule has 2 heterocycles. The van der Waals surface area contributed by atoms with Gasteiger partial charge >= 0.3 is 12.1 Å². The maximum Gasteiger partial charge on any atom is 0.416 e. The summed E-state index contributed by atoms with van der Waals surface area (Å²) in [6.45, 7) is 6.11. The number of hydrogen-bond acceptors (Lipinski definition) is 6. The van der Waals surface area contributed by atoms with E-state index in [9.17, 15) is 18.0 Å². The number of fused-ring (bicyclic) bond motifs is 2. The molecular weight excluding hydrogens is 534 g/mol. The Bertz CT molecular complexity index is 1010. The van der Waals surface area contributed by atoms with E-state index < -0.39 is 11.7 Å². The van der Waals surface area contributed by atoms with Gasteiger partial charge in [0.15, 0.2) is 0 Å². The first-order valence-corrected chi connectivity index (χ1v) is 12.5. The van der Waals surface area contributed by atoms with Gasteiger partial charge in [0.25, 0.3) is 0 Å². The molecule has 1 saturated heterocycles. The standard InChI is InChI=1S/C25H30F3N3O2S.2ClH/c1-2-24(32)33-15-14-30-13-11-29-17-19(30)6-5-12-31-20-7-3-4-8-22(20)34-23-10-9-18(16-21(23)31)25(26,27)28;;/h3-4,7-10,16,19,29H,2,5-6,11-15,17H2,1H3;2*1H. The van der Waals surface area contributed by atoms with Crippen LogP contribution < -0.4 is 10.2 Å². The van der Waals surface area contributed by atoms with Crippen LogP contribution >= 0.6 is 36.6 Å². The number of piperazine rings is 1. The lowest BCUT2D eigenvalue weighted by atomic mass is 10.1. The summed E-state index contributed by atoms with van der Waals surface area (Å²) in [5.74, 6) is -0.190. The smallest absolute Gasteiger partial charge is 0.416 e. The van der Waals surface area contributed by atoms with Gasteiger partial charge < -0.3 is 15.0 Å². The predicted octanol–water partition coefficient (Wildman–Crippen LogP) is 6.16. The minimum absolute atomic E-state index is 0. The van der Waals surface area contributed by atoms with Gasteiger partial charge in [-0.15, -0.1) is 24.8 Å². The van der Waals surface area contributed by atoms with E-state index in [-0.39, 0.29) is 30.8 Å². The molecule has 5 nitrogen and oxygen atoms in total. The highest BCUT2D eigenvalue weighted by molar-refractivity contribution is 7.99. The Morgan fingerprint density at radius 1 is 1.11 bits per heavy atom. The average Bonchev–Trinajstić information content (AvgIpc) is 2.83. The molecule has 1 N–H and O–H groups in total. The van der Waals surface area contributed by atoms with Gasteiger partial charge in [0.1, 0.15) is 6.61 Å². The fraction of sp³-hybridized carbons (Fsp3) is 0.480. The fourth-order valence-electron chi connectivity index (χ4n) is 4.49. The van der Waals surface area contributed by atoms with Crippen molar-refractivity contribution in [3.63, 3.8) is 0 Å². The zero-order valence-corrected chi connectivity index (χ0v) is 22.5. The highest BCUT2D eigenvalue weighted by atomic mass is 35.5. The Balaban J connectivity index is 0.00000228. The zero-order valence-electron chi connectivity index (χ0n) is 20.1. The molecule has 1 fully saturated rings. The number of ether oxygens (including phenoxy) is 1. The Hall–Kier alpha value is -1.65. The van der Waals surface area contributed by atoms with E-state index in [0.29, 0.717) is 37.8 Å². The van der Waals surface area contributed by atoms with Gasteiger partial charge in [0, 0.05) is 55.0 Å². The maximum absolute atomic E-state index is 13.4. The van der Waals surface area contributed by atoms with Crippen LogP contribution in [0, 0.1) is 0 Å². The van der Waals surface area contributed by atoms with Gasteiger partial charge in [-0.1, -0.05) is 30.8 Å². The van der Waals surface area contributed by atoms with Crippen LogP contribution in [0.25, 0.3) is 0 Å². The van der Waals surface area contributed by atoms with E-state index in [1.165, 1.54) is 17.8 Å².